The minimum absolute atomic E-state index is 0.0816. The molecular weight excluding hydrogens is 313 g/mol. The summed E-state index contributed by atoms with van der Waals surface area (Å²) in [5.74, 6) is -0.660. The Morgan fingerprint density at radius 2 is 2.09 bits per heavy atom. The third-order valence-electron chi connectivity index (χ3n) is 3.15. The largest absolute Gasteiger partial charge is 0.406 e. The van der Waals surface area contributed by atoms with Gasteiger partial charge in [-0.3, -0.25) is 9.59 Å². The van der Waals surface area contributed by atoms with Crippen LogP contribution in [-0.4, -0.2) is 57.5 Å². The van der Waals surface area contributed by atoms with Gasteiger partial charge in [0.15, 0.2) is 0 Å². The van der Waals surface area contributed by atoms with Gasteiger partial charge in [-0.15, -0.1) is 0 Å². The molecule has 0 aliphatic rings. The summed E-state index contributed by atoms with van der Waals surface area (Å²) in [4.78, 5) is 30.0. The molecule has 128 valence electrons. The lowest BCUT2D eigenvalue weighted by Gasteiger charge is -2.23. The fourth-order valence-electron chi connectivity index (χ4n) is 1.89. The molecule has 0 spiro atoms. The first-order valence-electron chi connectivity index (χ1n) is 6.90. The van der Waals surface area contributed by atoms with Crippen LogP contribution < -0.4 is 0 Å². The molecule has 0 aliphatic heterocycles. The van der Waals surface area contributed by atoms with Crippen LogP contribution in [0.3, 0.4) is 0 Å². The maximum atomic E-state index is 12.5. The zero-order chi connectivity index (χ0) is 17.6. The van der Waals surface area contributed by atoms with Gasteiger partial charge in [0.25, 0.3) is 0 Å². The molecule has 1 aromatic rings. The molecule has 0 bridgehead atoms. The zero-order valence-electron chi connectivity index (χ0n) is 13.0. The molecule has 0 fully saturated rings. The number of carbonyl (C=O) groups excluding carboxylic acids is 2. The lowest BCUT2D eigenvalue weighted by molar-refractivity contribution is -0.141. The number of likely N-dealkylation sites (N-methyl/N-ethyl adjacent to an activating group) is 2. The lowest BCUT2D eigenvalue weighted by Crippen LogP contribution is -2.40. The van der Waals surface area contributed by atoms with Gasteiger partial charge in [0.1, 0.15) is 12.4 Å². The first kappa shape index (κ1) is 18.7. The standard InChI is InChI=1S/C14H19F3N4O2/c1-4-12(22)20(5-2)9-13(23)19(3)8-11-18-6-7-21(11)10-14(15,16)17/h4,6-7H,1,5,8-10H2,2-3H3. The average molecular weight is 332 g/mol. The van der Waals surface area contributed by atoms with Crippen molar-refractivity contribution in [3.8, 4) is 0 Å². The molecule has 9 heteroatoms. The number of carbonyl (C=O) groups is 2. The van der Waals surface area contributed by atoms with Crippen molar-refractivity contribution in [3.05, 3.63) is 30.9 Å². The van der Waals surface area contributed by atoms with Crippen LogP contribution in [0.2, 0.25) is 0 Å². The molecule has 6 nitrogen and oxygen atoms in total. The second-order valence-electron chi connectivity index (χ2n) is 4.89. The molecule has 1 aromatic heterocycles. The topological polar surface area (TPSA) is 58.4 Å². The van der Waals surface area contributed by atoms with Crippen molar-refractivity contribution in [1.82, 2.24) is 19.4 Å². The second kappa shape index (κ2) is 7.80. The average Bonchev–Trinajstić information content (AvgIpc) is 2.88. The molecule has 0 saturated carbocycles. The quantitative estimate of drug-likeness (QED) is 0.710. The van der Waals surface area contributed by atoms with Crippen molar-refractivity contribution in [2.24, 2.45) is 0 Å². The first-order valence-corrected chi connectivity index (χ1v) is 6.90. The van der Waals surface area contributed by atoms with Gasteiger partial charge in [-0.25, -0.2) is 4.98 Å². The fourth-order valence-corrected chi connectivity index (χ4v) is 1.89. The van der Waals surface area contributed by atoms with E-state index in [0.717, 1.165) is 10.6 Å². The molecule has 0 aliphatic carbocycles. The number of hydrogen-bond donors (Lipinski definition) is 0. The predicted octanol–water partition coefficient (Wildman–Crippen LogP) is 1.44. The van der Waals surface area contributed by atoms with Gasteiger partial charge in [-0.2, -0.15) is 13.2 Å². The Kier molecular flexibility index (Phi) is 6.35. The summed E-state index contributed by atoms with van der Waals surface area (Å²) in [7, 11) is 1.45. The molecule has 23 heavy (non-hydrogen) atoms. The Morgan fingerprint density at radius 3 is 2.61 bits per heavy atom. The van der Waals surface area contributed by atoms with Crippen molar-refractivity contribution < 1.29 is 22.8 Å². The number of nitrogens with zero attached hydrogens (tertiary/aromatic N) is 4. The summed E-state index contributed by atoms with van der Waals surface area (Å²) in [6, 6.07) is 0. The Labute approximate surface area is 132 Å². The van der Waals surface area contributed by atoms with Crippen LogP contribution in [0.5, 0.6) is 0 Å². The van der Waals surface area contributed by atoms with Crippen molar-refractivity contribution in [3.63, 3.8) is 0 Å². The molecule has 0 unspecified atom stereocenters. The zero-order valence-corrected chi connectivity index (χ0v) is 13.0. The summed E-state index contributed by atoms with van der Waals surface area (Å²) >= 11 is 0. The van der Waals surface area contributed by atoms with E-state index < -0.39 is 18.6 Å². The minimum atomic E-state index is -4.37. The van der Waals surface area contributed by atoms with Gasteiger partial charge < -0.3 is 14.4 Å². The van der Waals surface area contributed by atoms with Crippen LogP contribution >= 0.6 is 0 Å². The molecule has 0 radical (unpaired) electrons. The highest BCUT2D eigenvalue weighted by molar-refractivity contribution is 5.90. The van der Waals surface area contributed by atoms with Gasteiger partial charge >= 0.3 is 6.18 Å². The van der Waals surface area contributed by atoms with Gasteiger partial charge in [0.2, 0.25) is 11.8 Å². The number of rotatable bonds is 7. The van der Waals surface area contributed by atoms with E-state index in [-0.39, 0.29) is 24.8 Å². The summed E-state index contributed by atoms with van der Waals surface area (Å²) in [6.45, 7) is 3.97. The normalized spacial score (nSPS) is 11.2. The summed E-state index contributed by atoms with van der Waals surface area (Å²) in [5.41, 5.74) is 0. The van der Waals surface area contributed by atoms with Crippen LogP contribution in [0.4, 0.5) is 13.2 Å². The fraction of sp³-hybridized carbons (Fsp3) is 0.500. The molecule has 0 saturated heterocycles. The highest BCUT2D eigenvalue weighted by atomic mass is 19.4. The van der Waals surface area contributed by atoms with E-state index in [1.807, 2.05) is 0 Å². The van der Waals surface area contributed by atoms with E-state index in [4.69, 9.17) is 0 Å². The highest BCUT2D eigenvalue weighted by Crippen LogP contribution is 2.18. The number of imidazole rings is 1. The van der Waals surface area contributed by atoms with Crippen LogP contribution in [0.25, 0.3) is 0 Å². The minimum Gasteiger partial charge on any atom is -0.337 e. The van der Waals surface area contributed by atoms with E-state index in [1.54, 1.807) is 6.92 Å². The maximum Gasteiger partial charge on any atom is 0.406 e. The maximum absolute atomic E-state index is 12.5. The van der Waals surface area contributed by atoms with Gasteiger partial charge in [0, 0.05) is 26.0 Å². The second-order valence-corrected chi connectivity index (χ2v) is 4.89. The summed E-state index contributed by atoms with van der Waals surface area (Å²) in [6.07, 6.45) is -0.806. The summed E-state index contributed by atoms with van der Waals surface area (Å²) in [5, 5.41) is 0. The van der Waals surface area contributed by atoms with E-state index in [0.29, 0.717) is 6.54 Å². The lowest BCUT2D eigenvalue weighted by atomic mass is 10.4. The van der Waals surface area contributed by atoms with Crippen LogP contribution in [0.1, 0.15) is 12.7 Å². The molecular formula is C14H19F3N4O2. The van der Waals surface area contributed by atoms with Gasteiger partial charge in [-0.05, 0) is 13.0 Å². The molecule has 0 aromatic carbocycles. The van der Waals surface area contributed by atoms with Crippen molar-refractivity contribution >= 4 is 11.8 Å². The van der Waals surface area contributed by atoms with Crippen LogP contribution in [-0.2, 0) is 22.7 Å². The van der Waals surface area contributed by atoms with Crippen LogP contribution in [0, 0.1) is 0 Å². The van der Waals surface area contributed by atoms with Gasteiger partial charge in [-0.1, -0.05) is 6.58 Å². The molecule has 1 rings (SSSR count). The smallest absolute Gasteiger partial charge is 0.337 e. The third kappa shape index (κ3) is 5.76. The highest BCUT2D eigenvalue weighted by Gasteiger charge is 2.29. The van der Waals surface area contributed by atoms with E-state index >= 15 is 0 Å². The third-order valence-corrected chi connectivity index (χ3v) is 3.15. The number of halogens is 3. The Hall–Kier alpha value is -2.32. The monoisotopic (exact) mass is 332 g/mol. The van der Waals surface area contributed by atoms with Crippen molar-refractivity contribution in [1.29, 1.82) is 0 Å². The van der Waals surface area contributed by atoms with Crippen molar-refractivity contribution in [2.75, 3.05) is 20.1 Å². The van der Waals surface area contributed by atoms with Crippen molar-refractivity contribution in [2.45, 2.75) is 26.2 Å². The first-order chi connectivity index (χ1) is 10.7. The number of hydrogen-bond acceptors (Lipinski definition) is 3. The predicted molar refractivity (Wildman–Crippen MR) is 77.2 cm³/mol. The number of alkyl halides is 3. The van der Waals surface area contributed by atoms with E-state index in [1.165, 1.54) is 29.2 Å². The Bertz CT molecular complexity index is 569. The molecule has 2 amide bonds. The Morgan fingerprint density at radius 1 is 1.43 bits per heavy atom. The van der Waals surface area contributed by atoms with E-state index in [2.05, 4.69) is 11.6 Å². The SMILES string of the molecule is C=CC(=O)N(CC)CC(=O)N(C)Cc1nccn1CC(F)(F)F. The Balaban J connectivity index is 2.71. The van der Waals surface area contributed by atoms with E-state index in [9.17, 15) is 22.8 Å². The number of amides is 2. The van der Waals surface area contributed by atoms with Crippen LogP contribution in [0.15, 0.2) is 25.0 Å². The van der Waals surface area contributed by atoms with Gasteiger partial charge in [0.05, 0.1) is 13.1 Å². The molecule has 0 atom stereocenters. The summed E-state index contributed by atoms with van der Waals surface area (Å²) < 4.78 is 38.3. The number of aromatic nitrogens is 2. The molecule has 1 heterocycles. The molecule has 0 N–H and O–H groups in total.